The monoisotopic (exact) mass is 345 g/mol. The van der Waals surface area contributed by atoms with Crippen LogP contribution < -0.4 is 5.32 Å². The van der Waals surface area contributed by atoms with E-state index in [4.69, 9.17) is 4.74 Å². The van der Waals surface area contributed by atoms with Gasteiger partial charge in [-0.25, -0.2) is 9.97 Å². The number of alkyl halides is 3. The summed E-state index contributed by atoms with van der Waals surface area (Å²) in [5.41, 5.74) is -0.180. The molecule has 1 aromatic rings. The Kier molecular flexibility index (Phi) is 7.37. The first kappa shape index (κ1) is 20.1. The van der Waals surface area contributed by atoms with Gasteiger partial charge in [-0.2, -0.15) is 13.2 Å². The summed E-state index contributed by atoms with van der Waals surface area (Å²) in [6, 6.07) is 0.812. The Hall–Kier alpha value is -1.93. The molecule has 0 amide bonds. The van der Waals surface area contributed by atoms with E-state index in [2.05, 4.69) is 21.9 Å². The minimum Gasteiger partial charge on any atom is -0.389 e. The number of nitrogens with zero attached hydrogens (tertiary/aromatic N) is 2. The average molecular weight is 345 g/mol. The van der Waals surface area contributed by atoms with Crippen molar-refractivity contribution in [1.82, 2.24) is 9.97 Å². The minimum absolute atomic E-state index is 0.105. The summed E-state index contributed by atoms with van der Waals surface area (Å²) < 4.78 is 42.9. The second-order valence-electron chi connectivity index (χ2n) is 5.42. The summed E-state index contributed by atoms with van der Waals surface area (Å²) in [6.45, 7) is 7.45. The summed E-state index contributed by atoms with van der Waals surface area (Å²) in [5.74, 6) is -0.330. The van der Waals surface area contributed by atoms with Crippen LogP contribution in [0.4, 0.5) is 19.1 Å². The summed E-state index contributed by atoms with van der Waals surface area (Å²) in [6.07, 6.45) is -1.41. The van der Waals surface area contributed by atoms with E-state index in [0.717, 1.165) is 17.8 Å². The average Bonchev–Trinajstić information content (AvgIpc) is 2.53. The number of aromatic nitrogens is 2. The third-order valence-corrected chi connectivity index (χ3v) is 3.40. The highest BCUT2D eigenvalue weighted by molar-refractivity contribution is 5.28. The number of rotatable bonds is 8. The van der Waals surface area contributed by atoms with Gasteiger partial charge in [0.25, 0.3) is 0 Å². The van der Waals surface area contributed by atoms with E-state index < -0.39 is 24.1 Å². The van der Waals surface area contributed by atoms with Gasteiger partial charge in [0.15, 0.2) is 0 Å². The first-order valence-electron chi connectivity index (χ1n) is 7.33. The van der Waals surface area contributed by atoms with Crippen molar-refractivity contribution in [3.8, 4) is 0 Å². The number of aliphatic hydroxyl groups excluding tert-OH is 1. The molecule has 0 spiro atoms. The lowest BCUT2D eigenvalue weighted by molar-refractivity contribution is -0.141. The van der Waals surface area contributed by atoms with E-state index in [-0.39, 0.29) is 18.4 Å². The number of anilines is 1. The molecule has 0 unspecified atom stereocenters. The Bertz CT molecular complexity index is 576. The van der Waals surface area contributed by atoms with E-state index in [1.54, 1.807) is 13.0 Å². The molecule has 24 heavy (non-hydrogen) atoms. The Morgan fingerprint density at radius 3 is 2.71 bits per heavy atom. The van der Waals surface area contributed by atoms with Crippen LogP contribution in [0.3, 0.4) is 0 Å². The summed E-state index contributed by atoms with van der Waals surface area (Å²) in [5, 5.41) is 12.9. The lowest BCUT2D eigenvalue weighted by Gasteiger charge is -2.22. The largest absolute Gasteiger partial charge is 0.433 e. The molecule has 0 radical (unpaired) electrons. The molecule has 5 nitrogen and oxygen atoms in total. The minimum atomic E-state index is -4.51. The van der Waals surface area contributed by atoms with Gasteiger partial charge in [-0.3, -0.25) is 0 Å². The van der Waals surface area contributed by atoms with Crippen LogP contribution in [0.15, 0.2) is 36.6 Å². The van der Waals surface area contributed by atoms with E-state index in [0.29, 0.717) is 0 Å². The molecule has 0 saturated carbocycles. The topological polar surface area (TPSA) is 67.3 Å². The summed E-state index contributed by atoms with van der Waals surface area (Å²) >= 11 is 0. The summed E-state index contributed by atoms with van der Waals surface area (Å²) in [7, 11) is 1.48. The zero-order valence-electron chi connectivity index (χ0n) is 13.8. The third-order valence-electron chi connectivity index (χ3n) is 3.40. The van der Waals surface area contributed by atoms with Gasteiger partial charge in [-0.15, -0.1) is 6.58 Å². The van der Waals surface area contributed by atoms with Gasteiger partial charge in [0, 0.05) is 25.8 Å². The number of hydrogen-bond acceptors (Lipinski definition) is 5. The van der Waals surface area contributed by atoms with Gasteiger partial charge in [0.1, 0.15) is 11.8 Å². The third kappa shape index (κ3) is 5.93. The van der Waals surface area contributed by atoms with Gasteiger partial charge in [0.05, 0.1) is 6.10 Å². The van der Waals surface area contributed by atoms with Crippen molar-refractivity contribution in [3.63, 3.8) is 0 Å². The molecule has 0 fully saturated rings. The second-order valence-corrected chi connectivity index (χ2v) is 5.42. The van der Waals surface area contributed by atoms with Gasteiger partial charge in [-0.1, -0.05) is 24.6 Å². The molecular formula is C16H22F3N3O2. The highest BCUT2D eigenvalue weighted by Gasteiger charge is 2.32. The van der Waals surface area contributed by atoms with Crippen molar-refractivity contribution in [2.24, 2.45) is 5.92 Å². The lowest BCUT2D eigenvalue weighted by Crippen LogP contribution is -2.31. The number of ether oxygens (including phenoxy) is 1. The highest BCUT2D eigenvalue weighted by atomic mass is 19.4. The van der Waals surface area contributed by atoms with Gasteiger partial charge in [-0.05, 0) is 13.0 Å². The highest BCUT2D eigenvalue weighted by Crippen LogP contribution is 2.27. The fourth-order valence-corrected chi connectivity index (χ4v) is 2.10. The van der Waals surface area contributed by atoms with Gasteiger partial charge >= 0.3 is 6.18 Å². The Morgan fingerprint density at radius 2 is 2.17 bits per heavy atom. The first-order chi connectivity index (χ1) is 11.2. The maximum atomic E-state index is 12.6. The van der Waals surface area contributed by atoms with Crippen molar-refractivity contribution in [3.05, 3.63) is 42.3 Å². The smallest absolute Gasteiger partial charge is 0.389 e. The standard InChI is InChI=1S/C16H22F3N3O2/c1-5-12(24-4)14(23)11(3)8-10(2)9-21-15-20-7-6-13(22-15)16(17,18)19/h5-8,11-12,14,23H,1,9H2,2-4H3,(H,20,21,22)/b10-8+/t11-,12+,14+/m1/s1. The Morgan fingerprint density at radius 1 is 1.50 bits per heavy atom. The van der Waals surface area contributed by atoms with E-state index in [1.165, 1.54) is 13.2 Å². The van der Waals surface area contributed by atoms with E-state index in [9.17, 15) is 18.3 Å². The van der Waals surface area contributed by atoms with E-state index in [1.807, 2.05) is 6.92 Å². The van der Waals surface area contributed by atoms with E-state index >= 15 is 0 Å². The molecule has 1 heterocycles. The normalized spacial score (nSPS) is 16.4. The van der Waals surface area contributed by atoms with Crippen molar-refractivity contribution in [2.75, 3.05) is 19.0 Å². The van der Waals surface area contributed by atoms with Crippen LogP contribution in [-0.4, -0.2) is 40.9 Å². The van der Waals surface area contributed by atoms with Crippen LogP contribution in [0.25, 0.3) is 0 Å². The second kappa shape index (κ2) is 8.79. The first-order valence-corrected chi connectivity index (χ1v) is 7.33. The fraction of sp³-hybridized carbons (Fsp3) is 0.500. The van der Waals surface area contributed by atoms with Crippen LogP contribution in [0.2, 0.25) is 0 Å². The van der Waals surface area contributed by atoms with Crippen LogP contribution >= 0.6 is 0 Å². The molecule has 0 aliphatic rings. The quantitative estimate of drug-likeness (QED) is 0.709. The molecule has 8 heteroatoms. The maximum absolute atomic E-state index is 12.6. The number of halogens is 3. The van der Waals surface area contributed by atoms with Crippen LogP contribution in [0, 0.1) is 5.92 Å². The van der Waals surface area contributed by atoms with Gasteiger partial charge < -0.3 is 15.2 Å². The number of nitrogens with one attached hydrogen (secondary N) is 1. The number of aliphatic hydroxyl groups is 1. The lowest BCUT2D eigenvalue weighted by atomic mass is 9.97. The molecule has 0 saturated heterocycles. The Balaban J connectivity index is 2.68. The van der Waals surface area contributed by atoms with Crippen LogP contribution in [-0.2, 0) is 10.9 Å². The molecule has 0 aliphatic carbocycles. The molecular weight excluding hydrogens is 323 g/mol. The summed E-state index contributed by atoms with van der Waals surface area (Å²) in [4.78, 5) is 7.19. The van der Waals surface area contributed by atoms with Gasteiger partial charge in [0.2, 0.25) is 5.95 Å². The molecule has 0 aliphatic heterocycles. The maximum Gasteiger partial charge on any atom is 0.433 e. The number of methoxy groups -OCH3 is 1. The van der Waals surface area contributed by atoms with Crippen molar-refractivity contribution in [2.45, 2.75) is 32.2 Å². The molecule has 0 bridgehead atoms. The van der Waals surface area contributed by atoms with Crippen molar-refractivity contribution < 1.29 is 23.0 Å². The zero-order chi connectivity index (χ0) is 18.3. The molecule has 0 aromatic carbocycles. The zero-order valence-corrected chi connectivity index (χ0v) is 13.8. The van der Waals surface area contributed by atoms with Crippen LogP contribution in [0.1, 0.15) is 19.5 Å². The number of hydrogen-bond donors (Lipinski definition) is 2. The predicted octanol–water partition coefficient (Wildman–Crippen LogP) is 3.05. The fourth-order valence-electron chi connectivity index (χ4n) is 2.10. The molecule has 3 atom stereocenters. The Labute approximate surface area is 139 Å². The SMILES string of the molecule is C=C[C@H](OC)[C@@H](O)[C@H](C)/C=C(\C)CNc1nccc(C(F)(F)F)n1. The predicted molar refractivity (Wildman–Crippen MR) is 85.4 cm³/mol. The van der Waals surface area contributed by atoms with Crippen LogP contribution in [0.5, 0.6) is 0 Å². The molecule has 1 aromatic heterocycles. The molecule has 134 valence electrons. The molecule has 2 N–H and O–H groups in total. The van der Waals surface area contributed by atoms with Crippen molar-refractivity contribution in [1.29, 1.82) is 0 Å². The van der Waals surface area contributed by atoms with Crippen molar-refractivity contribution >= 4 is 5.95 Å². The molecule has 1 rings (SSSR count).